The number of likely N-dealkylation sites (tertiary alicyclic amines) is 1. The van der Waals surface area contributed by atoms with Crippen molar-refractivity contribution in [2.75, 3.05) is 25.0 Å². The van der Waals surface area contributed by atoms with E-state index in [9.17, 15) is 22.8 Å². The molecule has 0 aromatic carbocycles. The lowest BCUT2D eigenvalue weighted by atomic mass is 9.96. The molecule has 2 amide bonds. The number of ether oxygens (including phenoxy) is 1. The summed E-state index contributed by atoms with van der Waals surface area (Å²) in [6.07, 6.45) is -4.90. The fourth-order valence-corrected chi connectivity index (χ4v) is 4.45. The molecule has 2 aromatic heterocycles. The first-order chi connectivity index (χ1) is 13.2. The van der Waals surface area contributed by atoms with Crippen LogP contribution >= 0.6 is 34.3 Å². The van der Waals surface area contributed by atoms with Crippen molar-refractivity contribution in [3.8, 4) is 10.6 Å². The normalized spacial score (nSPS) is 15.5. The monoisotopic (exact) mass is 453 g/mol. The number of carbonyl (C=O) groups is 2. The predicted octanol–water partition coefficient (Wildman–Crippen LogP) is 4.87. The molecule has 0 atom stereocenters. The average molecular weight is 454 g/mol. The zero-order chi connectivity index (χ0) is 20.3. The van der Waals surface area contributed by atoms with Crippen LogP contribution in [0.4, 0.5) is 23.1 Å². The Morgan fingerprint density at radius 3 is 2.64 bits per heavy atom. The summed E-state index contributed by atoms with van der Waals surface area (Å²) in [5.74, 6) is -0.580. The second-order valence-electron chi connectivity index (χ2n) is 6.06. The van der Waals surface area contributed by atoms with Gasteiger partial charge in [0.15, 0.2) is 11.7 Å². The highest BCUT2D eigenvalue weighted by Crippen LogP contribution is 2.33. The molecule has 3 rings (SSSR count). The topological polar surface area (TPSA) is 71.5 Å². The molecule has 0 spiro atoms. The molecule has 12 heteroatoms. The van der Waals surface area contributed by atoms with Gasteiger partial charge < -0.3 is 15.0 Å². The molecule has 0 radical (unpaired) electrons. The van der Waals surface area contributed by atoms with E-state index >= 15 is 0 Å². The summed E-state index contributed by atoms with van der Waals surface area (Å²) < 4.78 is 41.2. The van der Waals surface area contributed by atoms with E-state index in [1.54, 1.807) is 6.07 Å². The number of anilines is 1. The van der Waals surface area contributed by atoms with Crippen LogP contribution in [-0.2, 0) is 9.53 Å². The molecule has 2 aromatic rings. The van der Waals surface area contributed by atoms with Crippen molar-refractivity contribution in [2.45, 2.75) is 19.0 Å². The van der Waals surface area contributed by atoms with Crippen LogP contribution in [0.5, 0.6) is 0 Å². The molecule has 6 nitrogen and oxygen atoms in total. The van der Waals surface area contributed by atoms with Crippen LogP contribution < -0.4 is 5.32 Å². The minimum atomic E-state index is -4.56. The molecule has 3 heterocycles. The third-order valence-corrected chi connectivity index (χ3v) is 6.05. The molecule has 1 aliphatic rings. The zero-order valence-corrected chi connectivity index (χ0v) is 16.7. The second kappa shape index (κ2) is 8.66. The lowest BCUT2D eigenvalue weighted by molar-refractivity contribution is -0.162. The van der Waals surface area contributed by atoms with E-state index in [4.69, 9.17) is 11.6 Å². The molecule has 0 aliphatic carbocycles. The van der Waals surface area contributed by atoms with E-state index in [1.807, 2.05) is 11.4 Å². The smallest absolute Gasteiger partial charge is 0.422 e. The van der Waals surface area contributed by atoms with Crippen LogP contribution in [0.25, 0.3) is 10.6 Å². The maximum Gasteiger partial charge on any atom is 0.422 e. The Kier molecular flexibility index (Phi) is 6.46. The number of aromatic nitrogens is 1. The first-order valence-electron chi connectivity index (χ1n) is 8.22. The standard InChI is InChI=1S/C16H15ClF3N3O3S2/c17-12-2-1-11(28-12)10-7-27-14(21-10)22-13(24)9-3-5-23(6-4-9)15(25)26-8-16(18,19)20/h1-2,7,9H,3-6,8H2,(H,21,22,24). The molecule has 28 heavy (non-hydrogen) atoms. The summed E-state index contributed by atoms with van der Waals surface area (Å²) in [5.41, 5.74) is 0.722. The lowest BCUT2D eigenvalue weighted by Crippen LogP contribution is -2.42. The van der Waals surface area contributed by atoms with Gasteiger partial charge in [-0.1, -0.05) is 11.6 Å². The minimum absolute atomic E-state index is 0.158. The highest BCUT2D eigenvalue weighted by Gasteiger charge is 2.33. The van der Waals surface area contributed by atoms with E-state index < -0.39 is 18.9 Å². The minimum Gasteiger partial charge on any atom is -0.440 e. The summed E-state index contributed by atoms with van der Waals surface area (Å²) in [6, 6.07) is 3.62. The number of halogens is 4. The van der Waals surface area contributed by atoms with Gasteiger partial charge in [-0.2, -0.15) is 13.2 Å². The van der Waals surface area contributed by atoms with Gasteiger partial charge in [-0.15, -0.1) is 22.7 Å². The van der Waals surface area contributed by atoms with Gasteiger partial charge in [0.2, 0.25) is 5.91 Å². The van der Waals surface area contributed by atoms with Crippen LogP contribution in [0.2, 0.25) is 4.34 Å². The van der Waals surface area contributed by atoms with Crippen LogP contribution in [0, 0.1) is 5.92 Å². The number of nitrogens with one attached hydrogen (secondary N) is 1. The van der Waals surface area contributed by atoms with E-state index in [1.165, 1.54) is 27.6 Å². The van der Waals surface area contributed by atoms with Gasteiger partial charge in [-0.25, -0.2) is 9.78 Å². The van der Waals surface area contributed by atoms with Gasteiger partial charge in [0.05, 0.1) is 14.9 Å². The van der Waals surface area contributed by atoms with Crippen molar-refractivity contribution in [2.24, 2.45) is 5.92 Å². The molecule has 1 fully saturated rings. The highest BCUT2D eigenvalue weighted by molar-refractivity contribution is 7.20. The average Bonchev–Trinajstić information content (AvgIpc) is 3.28. The van der Waals surface area contributed by atoms with Crippen molar-refractivity contribution in [3.63, 3.8) is 0 Å². The van der Waals surface area contributed by atoms with Crippen LogP contribution in [0.1, 0.15) is 12.8 Å². The van der Waals surface area contributed by atoms with E-state index in [-0.39, 0.29) is 24.9 Å². The number of hydrogen-bond acceptors (Lipinski definition) is 6. The van der Waals surface area contributed by atoms with Gasteiger partial charge in [0, 0.05) is 24.4 Å². The van der Waals surface area contributed by atoms with Crippen molar-refractivity contribution in [1.82, 2.24) is 9.88 Å². The first kappa shape index (κ1) is 20.9. The van der Waals surface area contributed by atoms with E-state index in [2.05, 4.69) is 15.0 Å². The SMILES string of the molecule is O=C(Nc1nc(-c2ccc(Cl)s2)cs1)C1CCN(C(=O)OCC(F)(F)F)CC1. The third kappa shape index (κ3) is 5.58. The number of piperidine rings is 1. The number of alkyl halides is 3. The summed E-state index contributed by atoms with van der Waals surface area (Å²) in [4.78, 5) is 30.5. The number of hydrogen-bond donors (Lipinski definition) is 1. The molecule has 152 valence electrons. The number of nitrogens with zero attached hydrogens (tertiary/aromatic N) is 2. The van der Waals surface area contributed by atoms with Crippen LogP contribution in [-0.4, -0.2) is 47.8 Å². The number of amides is 2. The maximum absolute atomic E-state index is 12.4. The Bertz CT molecular complexity index is 848. The highest BCUT2D eigenvalue weighted by atomic mass is 35.5. The van der Waals surface area contributed by atoms with E-state index in [0.717, 1.165) is 10.6 Å². The maximum atomic E-state index is 12.4. The fraction of sp³-hybridized carbons (Fsp3) is 0.438. The zero-order valence-electron chi connectivity index (χ0n) is 14.3. The Labute approximate surface area is 171 Å². The van der Waals surface area contributed by atoms with Crippen LogP contribution in [0.3, 0.4) is 0 Å². The Hall–Kier alpha value is -1.85. The van der Waals surface area contributed by atoms with Gasteiger partial charge in [-0.3, -0.25) is 4.79 Å². The molecule has 0 saturated carbocycles. The number of rotatable bonds is 4. The molecule has 1 N–H and O–H groups in total. The largest absolute Gasteiger partial charge is 0.440 e. The summed E-state index contributed by atoms with van der Waals surface area (Å²) in [7, 11) is 0. The number of carbonyl (C=O) groups excluding carboxylic acids is 2. The fourth-order valence-electron chi connectivity index (χ4n) is 2.66. The number of thiophene rings is 1. The first-order valence-corrected chi connectivity index (χ1v) is 10.3. The lowest BCUT2D eigenvalue weighted by Gasteiger charge is -2.30. The molecule has 1 saturated heterocycles. The van der Waals surface area contributed by atoms with Crippen molar-refractivity contribution < 1.29 is 27.5 Å². The van der Waals surface area contributed by atoms with E-state index in [0.29, 0.717) is 22.3 Å². The molecular weight excluding hydrogens is 439 g/mol. The quantitative estimate of drug-likeness (QED) is 0.716. The Balaban J connectivity index is 1.48. The molecular formula is C16H15ClF3N3O3S2. The summed E-state index contributed by atoms with van der Waals surface area (Å²) in [5, 5.41) is 5.03. The van der Waals surface area contributed by atoms with Crippen molar-refractivity contribution in [3.05, 3.63) is 21.8 Å². The predicted molar refractivity (Wildman–Crippen MR) is 101 cm³/mol. The van der Waals surface area contributed by atoms with Crippen molar-refractivity contribution >= 4 is 51.4 Å². The summed E-state index contributed by atoms with van der Waals surface area (Å²) in [6.45, 7) is -1.30. The molecule has 0 unspecified atom stereocenters. The van der Waals surface area contributed by atoms with Gasteiger partial charge in [0.25, 0.3) is 0 Å². The third-order valence-electron chi connectivity index (χ3n) is 4.04. The Morgan fingerprint density at radius 2 is 2.04 bits per heavy atom. The van der Waals surface area contributed by atoms with Gasteiger partial charge in [-0.05, 0) is 25.0 Å². The molecule has 1 aliphatic heterocycles. The Morgan fingerprint density at radius 1 is 1.32 bits per heavy atom. The molecule has 0 bridgehead atoms. The van der Waals surface area contributed by atoms with Gasteiger partial charge in [0.1, 0.15) is 0 Å². The number of thiazole rings is 1. The van der Waals surface area contributed by atoms with Crippen LogP contribution in [0.15, 0.2) is 17.5 Å². The summed E-state index contributed by atoms with van der Waals surface area (Å²) >= 11 is 8.59. The van der Waals surface area contributed by atoms with Crippen molar-refractivity contribution in [1.29, 1.82) is 0 Å². The second-order valence-corrected chi connectivity index (χ2v) is 8.64. The van der Waals surface area contributed by atoms with Gasteiger partial charge >= 0.3 is 12.3 Å².